The van der Waals surface area contributed by atoms with Gasteiger partial charge in [-0.05, 0) is 48.3 Å². The van der Waals surface area contributed by atoms with Gasteiger partial charge in [0.05, 0.1) is 5.41 Å². The number of Topliss-reactive ketones (excluding diaryl/α,β-unsaturated/α-hetero) is 1. The fourth-order valence-corrected chi connectivity index (χ4v) is 4.00. The molecule has 3 heteroatoms. The number of fused-ring (bicyclic) bond motifs is 1. The van der Waals surface area contributed by atoms with Gasteiger partial charge < -0.3 is 5.11 Å². The first kappa shape index (κ1) is 15.5. The summed E-state index contributed by atoms with van der Waals surface area (Å²) in [4.78, 5) is 25.5. The quantitative estimate of drug-likeness (QED) is 0.906. The first-order chi connectivity index (χ1) is 10.9. The molecule has 0 amide bonds. The Labute approximate surface area is 136 Å². The number of hydrogen-bond donors (Lipinski definition) is 1. The molecule has 1 N–H and O–H groups in total. The lowest BCUT2D eigenvalue weighted by atomic mass is 9.53. The van der Waals surface area contributed by atoms with Crippen molar-refractivity contribution in [3.63, 3.8) is 0 Å². The van der Waals surface area contributed by atoms with Crippen LogP contribution in [-0.4, -0.2) is 16.7 Å². The standard InChI is InChI=1S/C20H20O3/c1-4-13-8-9-16-19(23)12(2)10-17(22)20(16,3)18(13)14-6-5-7-15(21)11-14/h4-8,10-11,16,18,21H,1,9H2,2-3H3. The normalized spacial score (nSPS) is 30.3. The minimum Gasteiger partial charge on any atom is -0.508 e. The van der Waals surface area contributed by atoms with E-state index in [9.17, 15) is 14.7 Å². The largest absolute Gasteiger partial charge is 0.508 e. The maximum atomic E-state index is 12.9. The number of phenolic OH excluding ortho intramolecular Hbond substituents is 1. The molecule has 1 aromatic rings. The average molecular weight is 308 g/mol. The van der Waals surface area contributed by atoms with Crippen LogP contribution in [-0.2, 0) is 9.59 Å². The van der Waals surface area contributed by atoms with Gasteiger partial charge in [0.15, 0.2) is 11.6 Å². The van der Waals surface area contributed by atoms with Crippen molar-refractivity contribution in [1.82, 2.24) is 0 Å². The first-order valence-corrected chi connectivity index (χ1v) is 7.78. The molecule has 0 aliphatic heterocycles. The van der Waals surface area contributed by atoms with Gasteiger partial charge in [-0.15, -0.1) is 0 Å². The number of carbonyl (C=O) groups is 2. The van der Waals surface area contributed by atoms with Crippen molar-refractivity contribution in [3.8, 4) is 5.75 Å². The molecule has 0 aromatic heterocycles. The minimum absolute atomic E-state index is 0.0274. The Hall–Kier alpha value is -2.42. The molecule has 2 aliphatic carbocycles. The minimum atomic E-state index is -0.845. The highest BCUT2D eigenvalue weighted by Gasteiger charge is 2.54. The van der Waals surface area contributed by atoms with Gasteiger partial charge in [-0.3, -0.25) is 9.59 Å². The Morgan fingerprint density at radius 3 is 2.74 bits per heavy atom. The summed E-state index contributed by atoms with van der Waals surface area (Å²) in [7, 11) is 0. The summed E-state index contributed by atoms with van der Waals surface area (Å²) < 4.78 is 0. The number of ketones is 2. The molecule has 3 unspecified atom stereocenters. The predicted octanol–water partition coefficient (Wildman–Crippen LogP) is 3.71. The molecule has 3 atom stereocenters. The highest BCUT2D eigenvalue weighted by atomic mass is 16.3. The number of carbonyl (C=O) groups excluding carboxylic acids is 2. The predicted molar refractivity (Wildman–Crippen MR) is 89.1 cm³/mol. The van der Waals surface area contributed by atoms with Crippen molar-refractivity contribution in [1.29, 1.82) is 0 Å². The second kappa shape index (κ2) is 5.34. The van der Waals surface area contributed by atoms with E-state index < -0.39 is 5.41 Å². The highest BCUT2D eigenvalue weighted by Crippen LogP contribution is 2.54. The van der Waals surface area contributed by atoms with Crippen molar-refractivity contribution in [2.75, 3.05) is 0 Å². The molecule has 0 radical (unpaired) electrons. The fraction of sp³-hybridized carbons (Fsp3) is 0.300. The van der Waals surface area contributed by atoms with Gasteiger partial charge >= 0.3 is 0 Å². The third-order valence-corrected chi connectivity index (χ3v) is 5.27. The third kappa shape index (κ3) is 2.19. The van der Waals surface area contributed by atoms with Crippen molar-refractivity contribution < 1.29 is 14.7 Å². The van der Waals surface area contributed by atoms with Crippen LogP contribution in [0.25, 0.3) is 0 Å². The van der Waals surface area contributed by atoms with Gasteiger partial charge in [-0.2, -0.15) is 0 Å². The van der Waals surface area contributed by atoms with Crippen molar-refractivity contribution in [3.05, 3.63) is 65.8 Å². The molecule has 0 bridgehead atoms. The van der Waals surface area contributed by atoms with E-state index >= 15 is 0 Å². The van der Waals surface area contributed by atoms with Crippen LogP contribution >= 0.6 is 0 Å². The maximum absolute atomic E-state index is 12.9. The molecule has 0 saturated carbocycles. The Morgan fingerprint density at radius 2 is 2.09 bits per heavy atom. The second-order valence-electron chi connectivity index (χ2n) is 6.56. The van der Waals surface area contributed by atoms with Crippen LogP contribution in [0.2, 0.25) is 0 Å². The Kier molecular flexibility index (Phi) is 3.59. The van der Waals surface area contributed by atoms with Crippen LogP contribution in [0.1, 0.15) is 31.7 Å². The topological polar surface area (TPSA) is 54.4 Å². The third-order valence-electron chi connectivity index (χ3n) is 5.27. The number of rotatable bonds is 2. The maximum Gasteiger partial charge on any atom is 0.163 e. The van der Waals surface area contributed by atoms with Gasteiger partial charge in [-0.1, -0.05) is 37.8 Å². The zero-order valence-corrected chi connectivity index (χ0v) is 13.4. The van der Waals surface area contributed by atoms with E-state index in [4.69, 9.17) is 0 Å². The summed E-state index contributed by atoms with van der Waals surface area (Å²) in [5, 5.41) is 9.83. The van der Waals surface area contributed by atoms with Gasteiger partial charge in [0.2, 0.25) is 0 Å². The summed E-state index contributed by atoms with van der Waals surface area (Å²) in [6.07, 6.45) is 5.76. The number of aromatic hydroxyl groups is 1. The number of allylic oxidation sites excluding steroid dienone is 5. The van der Waals surface area contributed by atoms with E-state index in [-0.39, 0.29) is 29.2 Å². The number of hydrogen-bond acceptors (Lipinski definition) is 3. The molecule has 0 saturated heterocycles. The summed E-state index contributed by atoms with van der Waals surface area (Å²) in [6, 6.07) is 6.91. The SMILES string of the molecule is C=CC1=CCC2C(=O)C(C)=CC(=O)C2(C)C1c1cccc(O)c1. The molecule has 3 nitrogen and oxygen atoms in total. The number of phenols is 1. The molecule has 0 heterocycles. The van der Waals surface area contributed by atoms with Crippen LogP contribution in [0.15, 0.2) is 60.2 Å². The smallest absolute Gasteiger partial charge is 0.163 e. The lowest BCUT2D eigenvalue weighted by Gasteiger charge is -2.47. The van der Waals surface area contributed by atoms with E-state index in [1.807, 2.05) is 19.1 Å². The Bertz CT molecular complexity index is 769. The van der Waals surface area contributed by atoms with Gasteiger partial charge in [-0.25, -0.2) is 0 Å². The lowest BCUT2D eigenvalue weighted by Crippen LogP contribution is -2.49. The summed E-state index contributed by atoms with van der Waals surface area (Å²) in [5.74, 6) is -0.488. The molecule has 2 aliphatic rings. The van der Waals surface area contributed by atoms with Gasteiger partial charge in [0.1, 0.15) is 5.75 Å². The van der Waals surface area contributed by atoms with E-state index in [0.29, 0.717) is 12.0 Å². The van der Waals surface area contributed by atoms with E-state index in [1.165, 1.54) is 6.08 Å². The molecular weight excluding hydrogens is 288 g/mol. The molecule has 0 spiro atoms. The first-order valence-electron chi connectivity index (χ1n) is 7.78. The second-order valence-corrected chi connectivity index (χ2v) is 6.56. The van der Waals surface area contributed by atoms with Crippen LogP contribution in [0.4, 0.5) is 0 Å². The zero-order chi connectivity index (χ0) is 16.8. The average Bonchev–Trinajstić information content (AvgIpc) is 2.52. The Morgan fingerprint density at radius 1 is 1.35 bits per heavy atom. The molecule has 0 fully saturated rings. The van der Waals surface area contributed by atoms with Crippen LogP contribution < -0.4 is 0 Å². The molecule has 3 rings (SSSR count). The summed E-state index contributed by atoms with van der Waals surface area (Å²) in [5.41, 5.74) is 1.45. The van der Waals surface area contributed by atoms with Crippen LogP contribution in [0, 0.1) is 11.3 Å². The van der Waals surface area contributed by atoms with E-state index in [2.05, 4.69) is 6.58 Å². The summed E-state index contributed by atoms with van der Waals surface area (Å²) in [6.45, 7) is 7.44. The molecule has 23 heavy (non-hydrogen) atoms. The van der Waals surface area contributed by atoms with Crippen molar-refractivity contribution >= 4 is 11.6 Å². The zero-order valence-electron chi connectivity index (χ0n) is 13.4. The monoisotopic (exact) mass is 308 g/mol. The van der Waals surface area contributed by atoms with Crippen LogP contribution in [0.5, 0.6) is 5.75 Å². The lowest BCUT2D eigenvalue weighted by molar-refractivity contribution is -0.137. The highest BCUT2D eigenvalue weighted by molar-refractivity contribution is 6.13. The number of benzene rings is 1. The van der Waals surface area contributed by atoms with Crippen molar-refractivity contribution in [2.24, 2.45) is 11.3 Å². The molecule has 118 valence electrons. The van der Waals surface area contributed by atoms with Crippen LogP contribution in [0.3, 0.4) is 0 Å². The van der Waals surface area contributed by atoms with E-state index in [1.54, 1.807) is 31.2 Å². The van der Waals surface area contributed by atoms with E-state index in [0.717, 1.165) is 11.1 Å². The molecular formula is C20H20O3. The van der Waals surface area contributed by atoms with Gasteiger partial charge in [0, 0.05) is 11.8 Å². The van der Waals surface area contributed by atoms with Gasteiger partial charge in [0.25, 0.3) is 0 Å². The summed E-state index contributed by atoms with van der Waals surface area (Å²) >= 11 is 0. The van der Waals surface area contributed by atoms with Crippen molar-refractivity contribution in [2.45, 2.75) is 26.2 Å². The Balaban J connectivity index is 2.23. The fourth-order valence-electron chi connectivity index (χ4n) is 4.00. The molecule has 1 aromatic carbocycles.